The number of rotatable bonds is 11. The highest BCUT2D eigenvalue weighted by molar-refractivity contribution is 6.32. The number of halogens is 1. The van der Waals surface area contributed by atoms with Crippen LogP contribution in [-0.2, 0) is 9.59 Å². The van der Waals surface area contributed by atoms with Gasteiger partial charge in [0, 0.05) is 38.5 Å². The number of hydrogen-bond acceptors (Lipinski definition) is 8. The van der Waals surface area contributed by atoms with Crippen LogP contribution in [0.5, 0.6) is 11.5 Å². The van der Waals surface area contributed by atoms with Gasteiger partial charge in [0.15, 0.2) is 12.4 Å². The monoisotopic (exact) mass is 556 g/mol. The van der Waals surface area contributed by atoms with Gasteiger partial charge >= 0.3 is 0 Å². The quantitative estimate of drug-likeness (QED) is 0.363. The Bertz CT molecular complexity index is 1230. The first-order valence-electron chi connectivity index (χ1n) is 13.0. The van der Waals surface area contributed by atoms with E-state index in [9.17, 15) is 19.5 Å². The van der Waals surface area contributed by atoms with Crippen molar-refractivity contribution in [1.29, 1.82) is 0 Å². The molecule has 0 bridgehead atoms. The number of benzene rings is 2. The molecule has 0 unspecified atom stereocenters. The van der Waals surface area contributed by atoms with Gasteiger partial charge in [-0.25, -0.2) is 5.43 Å². The fourth-order valence-electron chi connectivity index (χ4n) is 4.47. The molecule has 2 aliphatic heterocycles. The third kappa shape index (κ3) is 8.01. The number of carbonyl (C=O) groups is 3. The Labute approximate surface area is 232 Å². The number of Topliss-reactive ketones (excluding diaryl/α,β-unsaturated/α-hetero) is 1. The summed E-state index contributed by atoms with van der Waals surface area (Å²) in [6, 6.07) is 12.4. The molecule has 208 valence electrons. The average molecular weight is 557 g/mol. The summed E-state index contributed by atoms with van der Waals surface area (Å²) in [6.45, 7) is 2.93. The van der Waals surface area contributed by atoms with E-state index in [4.69, 9.17) is 21.1 Å². The first-order chi connectivity index (χ1) is 18.8. The Hall–Kier alpha value is -3.47. The molecule has 1 fully saturated rings. The van der Waals surface area contributed by atoms with E-state index in [0.717, 1.165) is 24.1 Å². The Balaban J connectivity index is 1.16. The minimum absolute atomic E-state index is 0.0696. The Morgan fingerprint density at radius 1 is 1.15 bits per heavy atom. The number of hydrogen-bond donors (Lipinski definition) is 3. The van der Waals surface area contributed by atoms with Gasteiger partial charge < -0.3 is 24.8 Å². The highest BCUT2D eigenvalue weighted by Crippen LogP contribution is 2.27. The van der Waals surface area contributed by atoms with E-state index < -0.39 is 6.10 Å². The van der Waals surface area contributed by atoms with Crippen LogP contribution in [0.1, 0.15) is 48.5 Å². The first-order valence-corrected chi connectivity index (χ1v) is 13.4. The predicted molar refractivity (Wildman–Crippen MR) is 146 cm³/mol. The third-order valence-corrected chi connectivity index (χ3v) is 7.00. The van der Waals surface area contributed by atoms with Crippen LogP contribution in [-0.4, -0.2) is 78.3 Å². The SMILES string of the molecule is CC(=O)c1ccccc1OC[C@@H](O)CNC1CCN(C(=O)COc2ccc(C3=NNC(=O)CC3)cc2Cl)CC1. The smallest absolute Gasteiger partial charge is 0.260 e. The molecule has 4 rings (SSSR count). The molecule has 0 radical (unpaired) electrons. The molecule has 2 aromatic rings. The minimum Gasteiger partial charge on any atom is -0.490 e. The highest BCUT2D eigenvalue weighted by atomic mass is 35.5. The molecule has 11 heteroatoms. The summed E-state index contributed by atoms with van der Waals surface area (Å²) in [5, 5.41) is 18.1. The van der Waals surface area contributed by atoms with Crippen molar-refractivity contribution in [3.8, 4) is 11.5 Å². The lowest BCUT2D eigenvalue weighted by molar-refractivity contribution is -0.134. The van der Waals surface area contributed by atoms with Crippen LogP contribution in [0, 0.1) is 0 Å². The molecule has 1 atom stereocenters. The Morgan fingerprint density at radius 3 is 2.62 bits per heavy atom. The zero-order chi connectivity index (χ0) is 27.8. The fourth-order valence-corrected chi connectivity index (χ4v) is 4.71. The molecule has 0 aromatic heterocycles. The van der Waals surface area contributed by atoms with Gasteiger partial charge in [0.25, 0.3) is 5.91 Å². The van der Waals surface area contributed by atoms with Crippen LogP contribution in [0.4, 0.5) is 0 Å². The Morgan fingerprint density at radius 2 is 1.92 bits per heavy atom. The minimum atomic E-state index is -0.738. The second kappa shape index (κ2) is 13.5. The van der Waals surface area contributed by atoms with Gasteiger partial charge in [-0.1, -0.05) is 23.7 Å². The number of aliphatic hydroxyl groups is 1. The van der Waals surface area contributed by atoms with E-state index in [1.807, 2.05) is 0 Å². The van der Waals surface area contributed by atoms with Crippen molar-refractivity contribution in [1.82, 2.24) is 15.6 Å². The summed E-state index contributed by atoms with van der Waals surface area (Å²) in [5.41, 5.74) is 4.50. The largest absolute Gasteiger partial charge is 0.490 e. The van der Waals surface area contributed by atoms with Crippen molar-refractivity contribution < 1.29 is 29.0 Å². The number of ketones is 1. The van der Waals surface area contributed by atoms with Crippen molar-refractivity contribution in [3.05, 3.63) is 58.6 Å². The second-order valence-electron chi connectivity index (χ2n) is 9.61. The Kier molecular flexibility index (Phi) is 9.91. The number of hydrazone groups is 1. The molecular formula is C28H33ClN4O6. The molecule has 2 heterocycles. The van der Waals surface area contributed by atoms with Crippen LogP contribution < -0.4 is 20.2 Å². The van der Waals surface area contributed by atoms with Gasteiger partial charge in [0.05, 0.1) is 16.3 Å². The molecule has 3 N–H and O–H groups in total. The van der Waals surface area contributed by atoms with Gasteiger partial charge in [0.1, 0.15) is 24.2 Å². The van der Waals surface area contributed by atoms with E-state index in [2.05, 4.69) is 15.8 Å². The number of para-hydroxylation sites is 1. The summed E-state index contributed by atoms with van der Waals surface area (Å²) in [4.78, 5) is 37.5. The number of likely N-dealkylation sites (tertiary alicyclic amines) is 1. The summed E-state index contributed by atoms with van der Waals surface area (Å²) in [5.74, 6) is 0.551. The van der Waals surface area contributed by atoms with Crippen molar-refractivity contribution in [2.75, 3.05) is 32.8 Å². The number of piperidine rings is 1. The normalized spacial score (nSPS) is 16.7. The van der Waals surface area contributed by atoms with Crippen LogP contribution in [0.15, 0.2) is 47.6 Å². The molecule has 0 saturated carbocycles. The van der Waals surface area contributed by atoms with E-state index in [1.54, 1.807) is 47.4 Å². The topological polar surface area (TPSA) is 130 Å². The number of aliphatic hydroxyl groups excluding tert-OH is 1. The van der Waals surface area contributed by atoms with Crippen LogP contribution in [0.2, 0.25) is 5.02 Å². The van der Waals surface area contributed by atoms with Crippen molar-refractivity contribution in [2.24, 2.45) is 5.10 Å². The van der Waals surface area contributed by atoms with Crippen molar-refractivity contribution in [2.45, 2.75) is 44.8 Å². The maximum absolute atomic E-state index is 12.7. The standard InChI is InChI=1S/C28H33ClN4O6/c1-18(34)22-4-2-3-5-25(22)38-16-21(35)15-30-20-10-12-33(13-11-20)28(37)17-39-26-8-6-19(14-23(26)29)24-7-9-27(36)32-31-24/h2-6,8,14,20-21,30,35H,7,9-13,15-17H2,1H3,(H,32,36)/t21-/m0/s1. The van der Waals surface area contributed by atoms with E-state index in [0.29, 0.717) is 54.6 Å². The predicted octanol–water partition coefficient (Wildman–Crippen LogP) is 2.56. The van der Waals surface area contributed by atoms with Crippen molar-refractivity contribution in [3.63, 3.8) is 0 Å². The number of ether oxygens (including phenoxy) is 2. The lowest BCUT2D eigenvalue weighted by Gasteiger charge is -2.33. The number of nitrogens with one attached hydrogen (secondary N) is 2. The lowest BCUT2D eigenvalue weighted by atomic mass is 10.0. The number of amides is 2. The van der Waals surface area contributed by atoms with Gasteiger partial charge in [-0.05, 0) is 55.7 Å². The van der Waals surface area contributed by atoms with Crippen LogP contribution >= 0.6 is 11.6 Å². The average Bonchev–Trinajstić information content (AvgIpc) is 2.95. The highest BCUT2D eigenvalue weighted by Gasteiger charge is 2.24. The summed E-state index contributed by atoms with van der Waals surface area (Å²) < 4.78 is 11.3. The summed E-state index contributed by atoms with van der Waals surface area (Å²) in [6.07, 6.45) is 1.68. The summed E-state index contributed by atoms with van der Waals surface area (Å²) >= 11 is 6.36. The lowest BCUT2D eigenvalue weighted by Crippen LogP contribution is -2.48. The first kappa shape index (κ1) is 28.5. The zero-order valence-corrected chi connectivity index (χ0v) is 22.6. The number of nitrogens with zero attached hydrogens (tertiary/aromatic N) is 2. The molecule has 10 nitrogen and oxygen atoms in total. The molecule has 0 aliphatic carbocycles. The third-order valence-electron chi connectivity index (χ3n) is 6.71. The molecule has 2 aliphatic rings. The number of carbonyl (C=O) groups excluding carboxylic acids is 3. The van der Waals surface area contributed by atoms with Gasteiger partial charge in [-0.2, -0.15) is 5.10 Å². The zero-order valence-electron chi connectivity index (χ0n) is 21.8. The molecular weight excluding hydrogens is 524 g/mol. The molecule has 2 aromatic carbocycles. The van der Waals surface area contributed by atoms with E-state index >= 15 is 0 Å². The van der Waals surface area contributed by atoms with Crippen molar-refractivity contribution >= 4 is 34.9 Å². The maximum atomic E-state index is 12.7. The van der Waals surface area contributed by atoms with Crippen LogP contribution in [0.3, 0.4) is 0 Å². The molecule has 0 spiro atoms. The fraction of sp³-hybridized carbons (Fsp3) is 0.429. The molecule has 2 amide bonds. The maximum Gasteiger partial charge on any atom is 0.260 e. The van der Waals surface area contributed by atoms with Gasteiger partial charge in [-0.15, -0.1) is 0 Å². The van der Waals surface area contributed by atoms with E-state index in [-0.39, 0.29) is 36.9 Å². The summed E-state index contributed by atoms with van der Waals surface area (Å²) in [7, 11) is 0. The van der Waals surface area contributed by atoms with E-state index in [1.165, 1.54) is 6.92 Å². The second-order valence-corrected chi connectivity index (χ2v) is 10.0. The van der Waals surface area contributed by atoms with Crippen LogP contribution in [0.25, 0.3) is 0 Å². The molecule has 39 heavy (non-hydrogen) atoms. The van der Waals surface area contributed by atoms with Gasteiger partial charge in [0.2, 0.25) is 5.91 Å². The molecule has 1 saturated heterocycles. The van der Waals surface area contributed by atoms with Gasteiger partial charge in [-0.3, -0.25) is 14.4 Å².